The quantitative estimate of drug-likeness (QED) is 0.710. The van der Waals surface area contributed by atoms with E-state index in [1.165, 1.54) is 0 Å². The first-order valence-corrected chi connectivity index (χ1v) is 4.34. The standard InChI is InChI=1S/C10H6ClNO2/c11-8-3-4-9(14-6-13)10-7(8)2-1-5-12-10/h1-6H. The minimum absolute atomic E-state index is 0.372. The normalized spacial score (nSPS) is 10.1. The minimum atomic E-state index is 0.372. The number of carbonyl (C=O) groups is 1. The molecule has 2 rings (SSSR count). The Morgan fingerprint density at radius 3 is 3.00 bits per heavy atom. The molecule has 4 heteroatoms. The molecule has 0 aliphatic rings. The second-order valence-corrected chi connectivity index (χ2v) is 3.07. The van der Waals surface area contributed by atoms with Gasteiger partial charge >= 0.3 is 0 Å². The number of pyridine rings is 1. The predicted octanol–water partition coefficient (Wildman–Crippen LogP) is 2.42. The smallest absolute Gasteiger partial charge is 0.298 e. The molecule has 0 N–H and O–H groups in total. The third-order valence-corrected chi connectivity index (χ3v) is 2.18. The first-order valence-electron chi connectivity index (χ1n) is 3.96. The molecule has 0 fully saturated rings. The van der Waals surface area contributed by atoms with E-state index in [0.717, 1.165) is 5.39 Å². The molecule has 0 bridgehead atoms. The van der Waals surface area contributed by atoms with Crippen molar-refractivity contribution in [1.82, 2.24) is 4.98 Å². The van der Waals surface area contributed by atoms with Gasteiger partial charge in [0, 0.05) is 11.6 Å². The first-order chi connectivity index (χ1) is 6.83. The van der Waals surface area contributed by atoms with Crippen LogP contribution in [0.4, 0.5) is 0 Å². The van der Waals surface area contributed by atoms with Crippen molar-refractivity contribution in [3.8, 4) is 5.75 Å². The molecule has 0 spiro atoms. The minimum Gasteiger partial charge on any atom is -0.426 e. The maximum Gasteiger partial charge on any atom is 0.298 e. The number of benzene rings is 1. The second kappa shape index (κ2) is 3.64. The van der Waals surface area contributed by atoms with Gasteiger partial charge in [-0.2, -0.15) is 0 Å². The van der Waals surface area contributed by atoms with Crippen LogP contribution in [-0.4, -0.2) is 11.5 Å². The average Bonchev–Trinajstić information content (AvgIpc) is 2.23. The Kier molecular flexibility index (Phi) is 2.33. The van der Waals surface area contributed by atoms with Crippen molar-refractivity contribution < 1.29 is 9.53 Å². The van der Waals surface area contributed by atoms with E-state index in [-0.39, 0.29) is 0 Å². The number of halogens is 1. The number of fused-ring (bicyclic) bond motifs is 1. The molecule has 1 aromatic carbocycles. The van der Waals surface area contributed by atoms with E-state index in [4.69, 9.17) is 16.3 Å². The summed E-state index contributed by atoms with van der Waals surface area (Å²) in [5.41, 5.74) is 0.590. The number of nitrogens with zero attached hydrogens (tertiary/aromatic N) is 1. The van der Waals surface area contributed by atoms with Crippen LogP contribution < -0.4 is 4.74 Å². The molecule has 2 aromatic rings. The molecule has 0 amide bonds. The van der Waals surface area contributed by atoms with Crippen LogP contribution in [0, 0.1) is 0 Å². The highest BCUT2D eigenvalue weighted by atomic mass is 35.5. The van der Waals surface area contributed by atoms with E-state index in [1.54, 1.807) is 24.4 Å². The van der Waals surface area contributed by atoms with E-state index in [9.17, 15) is 4.79 Å². The van der Waals surface area contributed by atoms with Crippen molar-refractivity contribution >= 4 is 29.0 Å². The highest BCUT2D eigenvalue weighted by Gasteiger charge is 2.05. The van der Waals surface area contributed by atoms with E-state index in [2.05, 4.69) is 4.98 Å². The van der Waals surface area contributed by atoms with Crippen LogP contribution in [0.3, 0.4) is 0 Å². The molecule has 1 aromatic heterocycles. The number of ether oxygens (including phenoxy) is 1. The predicted molar refractivity (Wildman–Crippen MR) is 53.4 cm³/mol. The highest BCUT2D eigenvalue weighted by Crippen LogP contribution is 2.28. The largest absolute Gasteiger partial charge is 0.426 e. The lowest BCUT2D eigenvalue weighted by Crippen LogP contribution is -1.91. The molecule has 0 saturated heterocycles. The monoisotopic (exact) mass is 207 g/mol. The summed E-state index contributed by atoms with van der Waals surface area (Å²) in [6, 6.07) is 6.89. The summed E-state index contributed by atoms with van der Waals surface area (Å²) in [6.45, 7) is 0.372. The van der Waals surface area contributed by atoms with Gasteiger partial charge in [0.1, 0.15) is 5.52 Å². The van der Waals surface area contributed by atoms with Crippen molar-refractivity contribution in [1.29, 1.82) is 0 Å². The van der Waals surface area contributed by atoms with Gasteiger partial charge in [0.15, 0.2) is 5.75 Å². The third-order valence-electron chi connectivity index (χ3n) is 1.85. The summed E-state index contributed by atoms with van der Waals surface area (Å²) in [4.78, 5) is 14.3. The summed E-state index contributed by atoms with van der Waals surface area (Å²) < 4.78 is 4.77. The molecule has 14 heavy (non-hydrogen) atoms. The van der Waals surface area contributed by atoms with Crippen molar-refractivity contribution in [2.45, 2.75) is 0 Å². The summed E-state index contributed by atoms with van der Waals surface area (Å²) >= 11 is 5.95. The Morgan fingerprint density at radius 1 is 1.36 bits per heavy atom. The number of hydrogen-bond donors (Lipinski definition) is 0. The van der Waals surface area contributed by atoms with Crippen LogP contribution in [-0.2, 0) is 4.79 Å². The molecule has 0 aliphatic carbocycles. The van der Waals surface area contributed by atoms with Crippen molar-refractivity contribution in [2.24, 2.45) is 0 Å². The average molecular weight is 208 g/mol. The maximum absolute atomic E-state index is 10.2. The SMILES string of the molecule is O=COc1ccc(Cl)c2cccnc12. The van der Waals surface area contributed by atoms with Gasteiger partial charge in [-0.25, -0.2) is 0 Å². The fourth-order valence-corrected chi connectivity index (χ4v) is 1.47. The zero-order chi connectivity index (χ0) is 9.97. The molecule has 1 heterocycles. The van der Waals surface area contributed by atoms with Gasteiger partial charge in [-0.15, -0.1) is 0 Å². The number of rotatable bonds is 2. The van der Waals surface area contributed by atoms with E-state index >= 15 is 0 Å². The molecule has 0 atom stereocenters. The molecule has 3 nitrogen and oxygen atoms in total. The van der Waals surface area contributed by atoms with E-state index in [1.807, 2.05) is 6.07 Å². The summed E-state index contributed by atoms with van der Waals surface area (Å²) in [5.74, 6) is 0.417. The van der Waals surface area contributed by atoms with Gasteiger partial charge in [-0.1, -0.05) is 11.6 Å². The number of carbonyl (C=O) groups excluding carboxylic acids is 1. The first kappa shape index (κ1) is 8.97. The van der Waals surface area contributed by atoms with Crippen molar-refractivity contribution in [2.75, 3.05) is 0 Å². The molecule has 0 aliphatic heterocycles. The van der Waals surface area contributed by atoms with Crippen LogP contribution in [0.2, 0.25) is 5.02 Å². The second-order valence-electron chi connectivity index (χ2n) is 2.66. The molecule has 70 valence electrons. The lowest BCUT2D eigenvalue weighted by atomic mass is 10.2. The maximum atomic E-state index is 10.2. The number of hydrogen-bond acceptors (Lipinski definition) is 3. The fraction of sp³-hybridized carbons (Fsp3) is 0. The van der Waals surface area contributed by atoms with Gasteiger partial charge in [-0.3, -0.25) is 9.78 Å². The van der Waals surface area contributed by atoms with Gasteiger partial charge in [0.25, 0.3) is 6.47 Å². The molecule has 0 unspecified atom stereocenters. The Bertz CT molecular complexity index is 485. The van der Waals surface area contributed by atoms with Crippen molar-refractivity contribution in [3.63, 3.8) is 0 Å². The van der Waals surface area contributed by atoms with Crippen LogP contribution in [0.1, 0.15) is 0 Å². The Morgan fingerprint density at radius 2 is 2.21 bits per heavy atom. The van der Waals surface area contributed by atoms with Crippen LogP contribution in [0.5, 0.6) is 5.75 Å². The zero-order valence-corrected chi connectivity index (χ0v) is 7.86. The van der Waals surface area contributed by atoms with Crippen LogP contribution >= 0.6 is 11.6 Å². The van der Waals surface area contributed by atoms with Gasteiger partial charge < -0.3 is 4.74 Å². The van der Waals surface area contributed by atoms with E-state index < -0.39 is 0 Å². The third kappa shape index (κ3) is 1.42. The molecular formula is C10H6ClNO2. The summed E-state index contributed by atoms with van der Waals surface area (Å²) in [7, 11) is 0. The van der Waals surface area contributed by atoms with Crippen LogP contribution in [0.15, 0.2) is 30.5 Å². The Hall–Kier alpha value is -1.61. The van der Waals surface area contributed by atoms with E-state index in [0.29, 0.717) is 22.8 Å². The Labute approximate surface area is 85.3 Å². The lowest BCUT2D eigenvalue weighted by Gasteiger charge is -2.03. The highest BCUT2D eigenvalue weighted by molar-refractivity contribution is 6.35. The van der Waals surface area contributed by atoms with Gasteiger partial charge in [0.05, 0.1) is 5.02 Å². The molecular weight excluding hydrogens is 202 g/mol. The van der Waals surface area contributed by atoms with Crippen LogP contribution in [0.25, 0.3) is 10.9 Å². The lowest BCUT2D eigenvalue weighted by molar-refractivity contribution is -0.120. The van der Waals surface area contributed by atoms with Gasteiger partial charge in [0.2, 0.25) is 0 Å². The number of aromatic nitrogens is 1. The topological polar surface area (TPSA) is 39.2 Å². The Balaban J connectivity index is 2.74. The molecule has 0 radical (unpaired) electrons. The van der Waals surface area contributed by atoms with Crippen molar-refractivity contribution in [3.05, 3.63) is 35.5 Å². The fourth-order valence-electron chi connectivity index (χ4n) is 1.26. The molecule has 0 saturated carbocycles. The summed E-state index contributed by atoms with van der Waals surface area (Å²) in [5, 5.41) is 1.36. The van der Waals surface area contributed by atoms with Gasteiger partial charge in [-0.05, 0) is 24.3 Å². The zero-order valence-electron chi connectivity index (χ0n) is 7.11. The summed E-state index contributed by atoms with van der Waals surface area (Å²) in [6.07, 6.45) is 1.62.